The van der Waals surface area contributed by atoms with Crippen LogP contribution in [0.4, 0.5) is 0 Å². The van der Waals surface area contributed by atoms with Gasteiger partial charge in [0.25, 0.3) is 0 Å². The van der Waals surface area contributed by atoms with E-state index in [0.717, 1.165) is 50.3 Å². The van der Waals surface area contributed by atoms with E-state index in [0.29, 0.717) is 30.8 Å². The van der Waals surface area contributed by atoms with E-state index < -0.39 is 0 Å². The lowest BCUT2D eigenvalue weighted by Gasteiger charge is -2.36. The lowest BCUT2D eigenvalue weighted by Crippen LogP contribution is -2.40. The minimum atomic E-state index is 0.161. The van der Waals surface area contributed by atoms with Gasteiger partial charge in [-0.1, -0.05) is 48.0 Å². The fourth-order valence-electron chi connectivity index (χ4n) is 5.17. The molecule has 0 N–H and O–H groups in total. The smallest absolute Gasteiger partial charge is 0.227 e. The number of ether oxygens (including phenoxy) is 1. The average Bonchev–Trinajstić information content (AvgIpc) is 3.24. The van der Waals surface area contributed by atoms with Crippen LogP contribution < -0.4 is 4.74 Å². The van der Waals surface area contributed by atoms with Gasteiger partial charge in [0.05, 0.1) is 13.0 Å². The quantitative estimate of drug-likeness (QED) is 0.692. The minimum absolute atomic E-state index is 0.161. The maximum atomic E-state index is 13.1. The monoisotopic (exact) mass is 434 g/mol. The first kappa shape index (κ1) is 22.4. The summed E-state index contributed by atoms with van der Waals surface area (Å²) in [5.41, 5.74) is 2.27. The summed E-state index contributed by atoms with van der Waals surface area (Å²) in [7, 11) is 0. The number of carbonyl (C=O) groups excluding carboxylic acids is 2. The van der Waals surface area contributed by atoms with E-state index in [4.69, 9.17) is 4.74 Å². The first-order valence-electron chi connectivity index (χ1n) is 11.8. The van der Waals surface area contributed by atoms with E-state index in [1.165, 1.54) is 5.56 Å². The topological polar surface area (TPSA) is 49.9 Å². The molecule has 32 heavy (non-hydrogen) atoms. The van der Waals surface area contributed by atoms with E-state index in [9.17, 15) is 9.59 Å². The van der Waals surface area contributed by atoms with Crippen LogP contribution >= 0.6 is 0 Å². The predicted molar refractivity (Wildman–Crippen MR) is 125 cm³/mol. The predicted octanol–water partition coefficient (Wildman–Crippen LogP) is 3.95. The number of hydrogen-bond donors (Lipinski definition) is 0. The molecule has 2 atom stereocenters. The van der Waals surface area contributed by atoms with Gasteiger partial charge in [-0.2, -0.15) is 0 Å². The molecule has 4 rings (SSSR count). The van der Waals surface area contributed by atoms with Crippen LogP contribution in [0.1, 0.15) is 30.9 Å². The number of aryl methyl sites for hydroxylation is 1. The SMILES string of the molecule is CC(=O)N1CCC([C@@H]2CN(C(=O)Cc3ccc(C)cc3)C[C@H]2COc2ccccc2)CC1. The molecule has 2 saturated heterocycles. The second kappa shape index (κ2) is 10.2. The summed E-state index contributed by atoms with van der Waals surface area (Å²) in [4.78, 5) is 28.8. The number of benzene rings is 2. The number of nitrogens with zero attached hydrogens (tertiary/aromatic N) is 2. The van der Waals surface area contributed by atoms with Gasteiger partial charge in [-0.15, -0.1) is 0 Å². The molecule has 0 aromatic heterocycles. The maximum Gasteiger partial charge on any atom is 0.227 e. The summed E-state index contributed by atoms with van der Waals surface area (Å²) in [6.45, 7) is 7.51. The third-order valence-corrected chi connectivity index (χ3v) is 7.12. The maximum absolute atomic E-state index is 13.1. The van der Waals surface area contributed by atoms with Gasteiger partial charge in [0.15, 0.2) is 0 Å². The van der Waals surface area contributed by atoms with Gasteiger partial charge in [0, 0.05) is 39.0 Å². The van der Waals surface area contributed by atoms with Gasteiger partial charge < -0.3 is 14.5 Å². The number of likely N-dealkylation sites (tertiary alicyclic amines) is 2. The first-order chi connectivity index (χ1) is 15.5. The number of carbonyl (C=O) groups is 2. The zero-order valence-electron chi connectivity index (χ0n) is 19.2. The third-order valence-electron chi connectivity index (χ3n) is 7.12. The van der Waals surface area contributed by atoms with E-state index in [-0.39, 0.29) is 11.8 Å². The molecular weight excluding hydrogens is 400 g/mol. The van der Waals surface area contributed by atoms with Crippen LogP contribution in [0.5, 0.6) is 5.75 Å². The molecule has 0 aliphatic carbocycles. The Hall–Kier alpha value is -2.82. The van der Waals surface area contributed by atoms with Crippen molar-refractivity contribution in [3.05, 3.63) is 65.7 Å². The average molecular weight is 435 g/mol. The van der Waals surface area contributed by atoms with E-state index in [1.807, 2.05) is 52.3 Å². The van der Waals surface area contributed by atoms with Crippen LogP contribution in [-0.4, -0.2) is 54.4 Å². The minimum Gasteiger partial charge on any atom is -0.493 e. The molecule has 2 heterocycles. The normalized spacial score (nSPS) is 21.6. The molecule has 0 bridgehead atoms. The summed E-state index contributed by atoms with van der Waals surface area (Å²) >= 11 is 0. The lowest BCUT2D eigenvalue weighted by atomic mass is 9.78. The molecule has 2 fully saturated rings. The van der Waals surface area contributed by atoms with Crippen molar-refractivity contribution >= 4 is 11.8 Å². The molecular formula is C27H34N2O3. The van der Waals surface area contributed by atoms with Gasteiger partial charge in [0.1, 0.15) is 5.75 Å². The zero-order chi connectivity index (χ0) is 22.5. The molecule has 0 spiro atoms. The van der Waals surface area contributed by atoms with Gasteiger partial charge in [0.2, 0.25) is 11.8 Å². The van der Waals surface area contributed by atoms with Crippen molar-refractivity contribution < 1.29 is 14.3 Å². The largest absolute Gasteiger partial charge is 0.493 e. The highest BCUT2D eigenvalue weighted by Crippen LogP contribution is 2.36. The standard InChI is InChI=1S/C27H34N2O3/c1-20-8-10-22(11-9-20)16-27(31)29-17-24(19-32-25-6-4-3-5-7-25)26(18-29)23-12-14-28(15-13-23)21(2)30/h3-11,23-24,26H,12-19H2,1-2H3/t24-,26-/m0/s1. The van der Waals surface area contributed by atoms with Gasteiger partial charge in [-0.25, -0.2) is 0 Å². The van der Waals surface area contributed by atoms with Crippen molar-refractivity contribution in [3.8, 4) is 5.75 Å². The summed E-state index contributed by atoms with van der Waals surface area (Å²) in [5.74, 6) is 2.48. The first-order valence-corrected chi connectivity index (χ1v) is 11.8. The Bertz CT molecular complexity index is 904. The molecule has 0 unspecified atom stereocenters. The number of para-hydroxylation sites is 1. The van der Waals surface area contributed by atoms with Crippen LogP contribution in [-0.2, 0) is 16.0 Å². The zero-order valence-corrected chi connectivity index (χ0v) is 19.2. The van der Waals surface area contributed by atoms with Crippen molar-refractivity contribution in [3.63, 3.8) is 0 Å². The third kappa shape index (κ3) is 5.50. The Balaban J connectivity index is 1.42. The number of amides is 2. The van der Waals surface area contributed by atoms with Gasteiger partial charge in [-0.05, 0) is 49.3 Å². The molecule has 170 valence electrons. The number of piperidine rings is 1. The number of rotatable bonds is 6. The lowest BCUT2D eigenvalue weighted by molar-refractivity contribution is -0.130. The molecule has 2 aromatic carbocycles. The van der Waals surface area contributed by atoms with E-state index >= 15 is 0 Å². The van der Waals surface area contributed by atoms with Crippen LogP contribution in [0.15, 0.2) is 54.6 Å². The highest BCUT2D eigenvalue weighted by atomic mass is 16.5. The molecule has 0 saturated carbocycles. The van der Waals surface area contributed by atoms with Crippen molar-refractivity contribution in [2.75, 3.05) is 32.8 Å². The molecule has 5 heteroatoms. The van der Waals surface area contributed by atoms with Crippen molar-refractivity contribution in [1.29, 1.82) is 0 Å². The summed E-state index contributed by atoms with van der Waals surface area (Å²) < 4.78 is 6.13. The van der Waals surface area contributed by atoms with Crippen LogP contribution in [0, 0.1) is 24.7 Å². The molecule has 0 radical (unpaired) electrons. The van der Waals surface area contributed by atoms with Crippen molar-refractivity contribution in [2.45, 2.75) is 33.1 Å². The van der Waals surface area contributed by atoms with Crippen molar-refractivity contribution in [1.82, 2.24) is 9.80 Å². The summed E-state index contributed by atoms with van der Waals surface area (Å²) in [6, 6.07) is 18.1. The fraction of sp³-hybridized carbons (Fsp3) is 0.481. The highest BCUT2D eigenvalue weighted by molar-refractivity contribution is 5.79. The van der Waals surface area contributed by atoms with Crippen LogP contribution in [0.3, 0.4) is 0 Å². The second-order valence-corrected chi connectivity index (χ2v) is 9.35. The summed E-state index contributed by atoms with van der Waals surface area (Å²) in [6.07, 6.45) is 2.46. The Kier molecular flexibility index (Phi) is 7.13. The molecule has 2 aliphatic heterocycles. The molecule has 2 aliphatic rings. The molecule has 2 aromatic rings. The van der Waals surface area contributed by atoms with E-state index in [1.54, 1.807) is 6.92 Å². The van der Waals surface area contributed by atoms with E-state index in [2.05, 4.69) is 19.1 Å². The number of hydrogen-bond acceptors (Lipinski definition) is 3. The Morgan fingerprint density at radius 1 is 0.938 bits per heavy atom. The molecule has 2 amide bonds. The van der Waals surface area contributed by atoms with Gasteiger partial charge in [-0.3, -0.25) is 9.59 Å². The second-order valence-electron chi connectivity index (χ2n) is 9.35. The Morgan fingerprint density at radius 2 is 1.62 bits per heavy atom. The summed E-state index contributed by atoms with van der Waals surface area (Å²) in [5, 5.41) is 0. The fourth-order valence-corrected chi connectivity index (χ4v) is 5.17. The van der Waals surface area contributed by atoms with Crippen LogP contribution in [0.2, 0.25) is 0 Å². The highest BCUT2D eigenvalue weighted by Gasteiger charge is 2.41. The Morgan fingerprint density at radius 3 is 2.28 bits per heavy atom. The Labute approximate surface area is 191 Å². The van der Waals surface area contributed by atoms with Crippen molar-refractivity contribution in [2.24, 2.45) is 17.8 Å². The van der Waals surface area contributed by atoms with Crippen LogP contribution in [0.25, 0.3) is 0 Å². The van der Waals surface area contributed by atoms with Gasteiger partial charge >= 0.3 is 0 Å². The molecule has 5 nitrogen and oxygen atoms in total.